The van der Waals surface area contributed by atoms with Crippen molar-refractivity contribution in [2.24, 2.45) is 0 Å². The molecular weight excluding hydrogens is 322 g/mol. The van der Waals surface area contributed by atoms with Gasteiger partial charge in [-0.2, -0.15) is 0 Å². The van der Waals surface area contributed by atoms with Crippen LogP contribution < -0.4 is 10.1 Å². The Morgan fingerprint density at radius 3 is 2.58 bits per heavy atom. The smallest absolute Gasteiger partial charge is 0.132 e. The number of nitrogens with zero attached hydrogens (tertiary/aromatic N) is 2. The summed E-state index contributed by atoms with van der Waals surface area (Å²) in [6.07, 6.45) is 9.38. The minimum Gasteiger partial charge on any atom is -0.491 e. The van der Waals surface area contributed by atoms with Crippen LogP contribution in [-0.4, -0.2) is 23.1 Å². The first kappa shape index (κ1) is 20.2. The molecule has 0 spiro atoms. The molecule has 0 fully saturated rings. The molecule has 2 aromatic rings. The molecule has 0 radical (unpaired) electrons. The van der Waals surface area contributed by atoms with E-state index in [4.69, 9.17) is 4.74 Å². The van der Waals surface area contributed by atoms with E-state index in [9.17, 15) is 0 Å². The third-order valence-electron chi connectivity index (χ3n) is 4.80. The van der Waals surface area contributed by atoms with Gasteiger partial charge in [0.05, 0.1) is 6.54 Å². The third-order valence-corrected chi connectivity index (χ3v) is 4.80. The molecule has 26 heavy (non-hydrogen) atoms. The predicted molar refractivity (Wildman–Crippen MR) is 109 cm³/mol. The van der Waals surface area contributed by atoms with Gasteiger partial charge in [-0.1, -0.05) is 44.7 Å². The van der Waals surface area contributed by atoms with E-state index in [-0.39, 0.29) is 0 Å². The van der Waals surface area contributed by atoms with Crippen LogP contribution >= 0.6 is 0 Å². The van der Waals surface area contributed by atoms with Crippen LogP contribution in [0.5, 0.6) is 5.75 Å². The van der Waals surface area contributed by atoms with Crippen molar-refractivity contribution in [3.63, 3.8) is 0 Å². The van der Waals surface area contributed by atoms with Gasteiger partial charge in [-0.05, 0) is 50.8 Å². The second-order valence-electron chi connectivity index (χ2n) is 6.97. The van der Waals surface area contributed by atoms with Crippen molar-refractivity contribution in [2.45, 2.75) is 66.2 Å². The predicted octanol–water partition coefficient (Wildman–Crippen LogP) is 5.41. The second-order valence-corrected chi connectivity index (χ2v) is 6.97. The topological polar surface area (TPSA) is 47.0 Å². The summed E-state index contributed by atoms with van der Waals surface area (Å²) in [6, 6.07) is 6.57. The highest BCUT2D eigenvalue weighted by molar-refractivity contribution is 5.44. The molecule has 0 aliphatic heterocycles. The van der Waals surface area contributed by atoms with Crippen molar-refractivity contribution in [2.75, 3.05) is 18.5 Å². The van der Waals surface area contributed by atoms with Crippen LogP contribution in [0.4, 0.5) is 5.82 Å². The Labute approximate surface area is 158 Å². The van der Waals surface area contributed by atoms with Crippen molar-refractivity contribution in [3.8, 4) is 5.75 Å². The third kappa shape index (κ3) is 6.32. The summed E-state index contributed by atoms with van der Waals surface area (Å²) in [4.78, 5) is 8.47. The zero-order valence-electron chi connectivity index (χ0n) is 16.8. The normalized spacial score (nSPS) is 10.8. The number of aryl methyl sites for hydroxylation is 3. The molecule has 1 N–H and O–H groups in total. The molecule has 0 saturated heterocycles. The first-order valence-electron chi connectivity index (χ1n) is 9.86. The lowest BCUT2D eigenvalue weighted by molar-refractivity contribution is 0.330. The summed E-state index contributed by atoms with van der Waals surface area (Å²) in [5.74, 6) is 1.85. The van der Waals surface area contributed by atoms with E-state index in [1.165, 1.54) is 49.7 Å². The average molecular weight is 356 g/mol. The molecule has 4 heteroatoms. The zero-order chi connectivity index (χ0) is 18.8. The number of hydrogen-bond donors (Lipinski definition) is 1. The first-order valence-corrected chi connectivity index (χ1v) is 9.86. The van der Waals surface area contributed by atoms with E-state index in [2.05, 4.69) is 47.3 Å². The van der Waals surface area contributed by atoms with Gasteiger partial charge in [0.15, 0.2) is 0 Å². The Hall–Kier alpha value is -2.10. The molecule has 1 heterocycles. The van der Waals surface area contributed by atoms with E-state index in [1.807, 2.05) is 13.8 Å². The highest BCUT2D eigenvalue weighted by atomic mass is 16.5. The van der Waals surface area contributed by atoms with Gasteiger partial charge in [-0.3, -0.25) is 0 Å². The van der Waals surface area contributed by atoms with E-state index in [0.29, 0.717) is 6.61 Å². The molecule has 1 aromatic heterocycles. The monoisotopic (exact) mass is 355 g/mol. The van der Waals surface area contributed by atoms with E-state index in [1.54, 1.807) is 6.33 Å². The van der Waals surface area contributed by atoms with E-state index in [0.717, 1.165) is 29.4 Å². The van der Waals surface area contributed by atoms with Crippen LogP contribution in [-0.2, 0) is 6.42 Å². The van der Waals surface area contributed by atoms with Gasteiger partial charge in [-0.25, -0.2) is 9.97 Å². The lowest BCUT2D eigenvalue weighted by Gasteiger charge is -2.13. The number of rotatable bonds is 11. The Morgan fingerprint density at radius 2 is 1.81 bits per heavy atom. The maximum atomic E-state index is 5.94. The van der Waals surface area contributed by atoms with E-state index >= 15 is 0 Å². The fourth-order valence-corrected chi connectivity index (χ4v) is 3.01. The van der Waals surface area contributed by atoms with Gasteiger partial charge in [0, 0.05) is 11.3 Å². The Morgan fingerprint density at radius 1 is 1.00 bits per heavy atom. The van der Waals surface area contributed by atoms with Crippen molar-refractivity contribution in [1.82, 2.24) is 9.97 Å². The van der Waals surface area contributed by atoms with Crippen LogP contribution in [0.25, 0.3) is 0 Å². The number of unbranched alkanes of at least 4 members (excludes halogenated alkanes) is 4. The lowest BCUT2D eigenvalue weighted by Crippen LogP contribution is -2.14. The average Bonchev–Trinajstić information content (AvgIpc) is 2.63. The van der Waals surface area contributed by atoms with Crippen LogP contribution in [0.1, 0.15) is 61.4 Å². The Kier molecular flexibility index (Phi) is 8.39. The summed E-state index contributed by atoms with van der Waals surface area (Å²) in [5, 5.41) is 3.32. The summed E-state index contributed by atoms with van der Waals surface area (Å²) >= 11 is 0. The van der Waals surface area contributed by atoms with Crippen molar-refractivity contribution in [1.29, 1.82) is 0 Å². The van der Waals surface area contributed by atoms with Gasteiger partial charge in [0.2, 0.25) is 0 Å². The van der Waals surface area contributed by atoms with Crippen LogP contribution in [0, 0.1) is 20.8 Å². The molecule has 0 saturated carbocycles. The maximum absolute atomic E-state index is 5.94. The lowest BCUT2D eigenvalue weighted by atomic mass is 10.0. The summed E-state index contributed by atoms with van der Waals surface area (Å²) < 4.78 is 5.94. The minimum atomic E-state index is 0.611. The largest absolute Gasteiger partial charge is 0.491 e. The Bertz CT molecular complexity index is 685. The van der Waals surface area contributed by atoms with Crippen LogP contribution in [0.15, 0.2) is 24.5 Å². The van der Waals surface area contributed by atoms with E-state index < -0.39 is 0 Å². The summed E-state index contributed by atoms with van der Waals surface area (Å²) in [7, 11) is 0. The molecule has 0 bridgehead atoms. The minimum absolute atomic E-state index is 0.611. The fourth-order valence-electron chi connectivity index (χ4n) is 3.01. The molecule has 142 valence electrons. The second kappa shape index (κ2) is 10.8. The first-order chi connectivity index (χ1) is 12.6. The SMILES string of the molecule is CCCCCCCc1ccc(OCCNc2ncnc(C)c2C)c(C)c1. The number of benzene rings is 1. The molecule has 0 unspecified atom stereocenters. The van der Waals surface area contributed by atoms with Gasteiger partial charge >= 0.3 is 0 Å². The summed E-state index contributed by atoms with van der Waals surface area (Å²) in [5.41, 5.74) is 4.72. The molecule has 0 aliphatic carbocycles. The molecular formula is C22H33N3O. The number of ether oxygens (including phenoxy) is 1. The van der Waals surface area contributed by atoms with Gasteiger partial charge in [0.25, 0.3) is 0 Å². The van der Waals surface area contributed by atoms with Crippen LogP contribution in [0.3, 0.4) is 0 Å². The molecule has 0 aliphatic rings. The van der Waals surface area contributed by atoms with Crippen molar-refractivity contribution >= 4 is 5.82 Å². The standard InChI is InChI=1S/C22H33N3O/c1-5-6-7-8-9-10-20-11-12-21(17(2)15-20)26-14-13-23-22-18(3)19(4)24-16-25-22/h11-12,15-16H,5-10,13-14H2,1-4H3,(H,23,24,25). The maximum Gasteiger partial charge on any atom is 0.132 e. The molecule has 4 nitrogen and oxygen atoms in total. The zero-order valence-corrected chi connectivity index (χ0v) is 16.8. The highest BCUT2D eigenvalue weighted by Gasteiger charge is 2.04. The molecule has 0 amide bonds. The molecule has 0 atom stereocenters. The number of aromatic nitrogens is 2. The highest BCUT2D eigenvalue weighted by Crippen LogP contribution is 2.21. The quantitative estimate of drug-likeness (QED) is 0.548. The summed E-state index contributed by atoms with van der Waals surface area (Å²) in [6.45, 7) is 9.74. The Balaban J connectivity index is 1.74. The fraction of sp³-hybridized carbons (Fsp3) is 0.545. The number of hydrogen-bond acceptors (Lipinski definition) is 4. The number of anilines is 1. The van der Waals surface area contributed by atoms with Crippen molar-refractivity contribution in [3.05, 3.63) is 46.9 Å². The number of nitrogens with one attached hydrogen (secondary N) is 1. The van der Waals surface area contributed by atoms with Gasteiger partial charge < -0.3 is 10.1 Å². The van der Waals surface area contributed by atoms with Gasteiger partial charge in [0.1, 0.15) is 24.5 Å². The van der Waals surface area contributed by atoms with Crippen LogP contribution in [0.2, 0.25) is 0 Å². The molecule has 1 aromatic carbocycles. The van der Waals surface area contributed by atoms with Crippen molar-refractivity contribution < 1.29 is 4.74 Å². The van der Waals surface area contributed by atoms with Gasteiger partial charge in [-0.15, -0.1) is 0 Å². The molecule has 2 rings (SSSR count).